The number of unbranched alkanes of at least 4 members (excludes halogenated alkanes) is 1. The quantitative estimate of drug-likeness (QED) is 0.254. The Morgan fingerprint density at radius 1 is 1.52 bits per heavy atom. The minimum Gasteiger partial charge on any atom is -0.477 e. The van der Waals surface area contributed by atoms with Crippen LogP contribution in [0.25, 0.3) is 0 Å². The average molecular weight is 489 g/mol. The summed E-state index contributed by atoms with van der Waals surface area (Å²) in [5, 5.41) is 3.40. The fourth-order valence-electron chi connectivity index (χ4n) is 3.22. The summed E-state index contributed by atoms with van der Waals surface area (Å²) < 4.78 is 5.79. The molecular formula is C19H32IN5O2. The van der Waals surface area contributed by atoms with Crippen molar-refractivity contribution in [2.75, 3.05) is 26.7 Å². The van der Waals surface area contributed by atoms with Crippen LogP contribution >= 0.6 is 24.0 Å². The molecule has 152 valence electrons. The van der Waals surface area contributed by atoms with Crippen LogP contribution in [0.4, 0.5) is 0 Å². The van der Waals surface area contributed by atoms with Crippen LogP contribution in [0, 0.1) is 5.92 Å². The highest BCUT2D eigenvalue weighted by molar-refractivity contribution is 14.0. The highest BCUT2D eigenvalue weighted by Gasteiger charge is 2.23. The molecule has 1 aromatic rings. The predicted octanol–water partition coefficient (Wildman–Crippen LogP) is 2.54. The van der Waals surface area contributed by atoms with Crippen LogP contribution in [0.5, 0.6) is 5.88 Å². The number of hydrogen-bond donors (Lipinski definition) is 2. The molecule has 1 atom stereocenters. The molecule has 8 heteroatoms. The van der Waals surface area contributed by atoms with E-state index in [1.165, 1.54) is 0 Å². The number of aromatic nitrogens is 1. The van der Waals surface area contributed by atoms with E-state index in [1.54, 1.807) is 13.2 Å². The number of nitrogens with one attached hydrogen (secondary N) is 1. The van der Waals surface area contributed by atoms with Crippen LogP contribution in [-0.4, -0.2) is 48.5 Å². The SMILES string of the molecule is CCCCOc1ncccc1CNC(=NC)N1CCCC(CC(N)=O)C1.I. The molecule has 27 heavy (non-hydrogen) atoms. The van der Waals surface area contributed by atoms with Crippen LogP contribution in [0.15, 0.2) is 23.3 Å². The van der Waals surface area contributed by atoms with Gasteiger partial charge in [0.05, 0.1) is 6.61 Å². The highest BCUT2D eigenvalue weighted by Crippen LogP contribution is 2.20. The lowest BCUT2D eigenvalue weighted by Gasteiger charge is -2.34. The van der Waals surface area contributed by atoms with Gasteiger partial charge in [-0.2, -0.15) is 0 Å². The van der Waals surface area contributed by atoms with E-state index in [0.717, 1.165) is 50.3 Å². The Balaban J connectivity index is 0.00000364. The summed E-state index contributed by atoms with van der Waals surface area (Å²) in [7, 11) is 1.78. The van der Waals surface area contributed by atoms with E-state index >= 15 is 0 Å². The van der Waals surface area contributed by atoms with Crippen LogP contribution < -0.4 is 15.8 Å². The lowest BCUT2D eigenvalue weighted by Crippen LogP contribution is -2.46. The Bertz CT molecular complexity index is 612. The third kappa shape index (κ3) is 7.90. The molecule has 1 aliphatic heterocycles. The van der Waals surface area contributed by atoms with Crippen LogP contribution in [0.2, 0.25) is 0 Å². The van der Waals surface area contributed by atoms with Gasteiger partial charge in [-0.3, -0.25) is 9.79 Å². The number of halogens is 1. The molecule has 2 rings (SSSR count). The van der Waals surface area contributed by atoms with Gasteiger partial charge in [0.1, 0.15) is 0 Å². The van der Waals surface area contributed by atoms with Crippen molar-refractivity contribution in [3.63, 3.8) is 0 Å². The zero-order chi connectivity index (χ0) is 18.8. The van der Waals surface area contributed by atoms with Crippen LogP contribution in [0.3, 0.4) is 0 Å². The first kappa shape index (κ1) is 23.5. The largest absolute Gasteiger partial charge is 0.477 e. The molecule has 2 heterocycles. The lowest BCUT2D eigenvalue weighted by molar-refractivity contribution is -0.119. The fraction of sp³-hybridized carbons (Fsp3) is 0.632. The topological polar surface area (TPSA) is 92.8 Å². The first-order valence-electron chi connectivity index (χ1n) is 9.44. The zero-order valence-corrected chi connectivity index (χ0v) is 18.6. The second-order valence-electron chi connectivity index (χ2n) is 6.70. The number of nitrogens with zero attached hydrogens (tertiary/aromatic N) is 3. The van der Waals surface area contributed by atoms with Crippen molar-refractivity contribution in [3.05, 3.63) is 23.9 Å². The van der Waals surface area contributed by atoms with E-state index in [1.807, 2.05) is 12.1 Å². The van der Waals surface area contributed by atoms with Crippen molar-refractivity contribution in [1.82, 2.24) is 15.2 Å². The van der Waals surface area contributed by atoms with E-state index in [4.69, 9.17) is 10.5 Å². The molecule has 0 aromatic carbocycles. The number of likely N-dealkylation sites (tertiary alicyclic amines) is 1. The number of ether oxygens (including phenoxy) is 1. The number of amides is 1. The van der Waals surface area contributed by atoms with Gasteiger partial charge in [0.2, 0.25) is 11.8 Å². The summed E-state index contributed by atoms with van der Waals surface area (Å²) in [6.45, 7) is 5.14. The number of piperidine rings is 1. The Morgan fingerprint density at radius 2 is 2.33 bits per heavy atom. The minimum absolute atomic E-state index is 0. The molecule has 0 bridgehead atoms. The van der Waals surface area contributed by atoms with Gasteiger partial charge in [-0.1, -0.05) is 19.4 Å². The number of rotatable bonds is 8. The van der Waals surface area contributed by atoms with Crippen molar-refractivity contribution in [2.24, 2.45) is 16.6 Å². The maximum absolute atomic E-state index is 11.2. The molecule has 1 saturated heterocycles. The third-order valence-electron chi connectivity index (χ3n) is 4.54. The smallest absolute Gasteiger partial charge is 0.218 e. The maximum atomic E-state index is 11.2. The molecule has 7 nitrogen and oxygen atoms in total. The lowest BCUT2D eigenvalue weighted by atomic mass is 9.95. The second-order valence-corrected chi connectivity index (χ2v) is 6.70. The molecule has 1 aliphatic rings. The van der Waals surface area contributed by atoms with Gasteiger partial charge in [-0.15, -0.1) is 24.0 Å². The van der Waals surface area contributed by atoms with E-state index in [2.05, 4.69) is 27.1 Å². The van der Waals surface area contributed by atoms with Gasteiger partial charge >= 0.3 is 0 Å². The molecule has 1 fully saturated rings. The zero-order valence-electron chi connectivity index (χ0n) is 16.3. The number of pyridine rings is 1. The molecule has 0 saturated carbocycles. The Hall–Kier alpha value is -1.58. The predicted molar refractivity (Wildman–Crippen MR) is 118 cm³/mol. The molecule has 1 aromatic heterocycles. The number of primary amides is 1. The Morgan fingerprint density at radius 3 is 3.04 bits per heavy atom. The van der Waals surface area contributed by atoms with E-state index in [0.29, 0.717) is 31.4 Å². The van der Waals surface area contributed by atoms with Crippen molar-refractivity contribution in [2.45, 2.75) is 45.6 Å². The van der Waals surface area contributed by atoms with Crippen molar-refractivity contribution >= 4 is 35.8 Å². The standard InChI is InChI=1S/C19H31N5O2.HI/c1-3-4-11-26-18-16(8-5-9-22-18)13-23-19(21-2)24-10-6-7-15(14-24)12-17(20)25;/h5,8-9,15H,3-4,6-7,10-14H2,1-2H3,(H2,20,25)(H,21,23);1H. The first-order chi connectivity index (χ1) is 12.6. The summed E-state index contributed by atoms with van der Waals surface area (Å²) in [4.78, 5) is 22.2. The minimum atomic E-state index is -0.232. The third-order valence-corrected chi connectivity index (χ3v) is 4.54. The molecule has 3 N–H and O–H groups in total. The number of carbonyl (C=O) groups is 1. The van der Waals surface area contributed by atoms with Gasteiger partial charge in [-0.05, 0) is 31.2 Å². The molecule has 0 aliphatic carbocycles. The van der Waals surface area contributed by atoms with E-state index in [-0.39, 0.29) is 29.9 Å². The molecular weight excluding hydrogens is 457 g/mol. The summed E-state index contributed by atoms with van der Waals surface area (Å²) in [5.74, 6) is 1.58. The second kappa shape index (κ2) is 12.7. The van der Waals surface area contributed by atoms with Gasteiger partial charge in [0.15, 0.2) is 5.96 Å². The summed E-state index contributed by atoms with van der Waals surface area (Å²) in [6, 6.07) is 3.93. The number of nitrogens with two attached hydrogens (primary N) is 1. The number of guanidine groups is 1. The normalized spacial score (nSPS) is 17.2. The highest BCUT2D eigenvalue weighted by atomic mass is 127. The Kier molecular flexibility index (Phi) is 11.1. The first-order valence-corrected chi connectivity index (χ1v) is 9.44. The molecule has 1 unspecified atom stereocenters. The molecule has 0 spiro atoms. The number of hydrogen-bond acceptors (Lipinski definition) is 4. The van der Waals surface area contributed by atoms with Crippen molar-refractivity contribution < 1.29 is 9.53 Å². The van der Waals surface area contributed by atoms with Gasteiger partial charge in [0, 0.05) is 44.9 Å². The van der Waals surface area contributed by atoms with Crippen LogP contribution in [-0.2, 0) is 11.3 Å². The van der Waals surface area contributed by atoms with E-state index < -0.39 is 0 Å². The summed E-state index contributed by atoms with van der Waals surface area (Å²) >= 11 is 0. The number of carbonyl (C=O) groups excluding carboxylic acids is 1. The van der Waals surface area contributed by atoms with E-state index in [9.17, 15) is 4.79 Å². The van der Waals surface area contributed by atoms with Crippen LogP contribution in [0.1, 0.15) is 44.6 Å². The fourth-order valence-corrected chi connectivity index (χ4v) is 3.22. The monoisotopic (exact) mass is 489 g/mol. The van der Waals surface area contributed by atoms with Gasteiger partial charge in [-0.25, -0.2) is 4.98 Å². The van der Waals surface area contributed by atoms with Crippen molar-refractivity contribution in [1.29, 1.82) is 0 Å². The maximum Gasteiger partial charge on any atom is 0.218 e. The van der Waals surface area contributed by atoms with Crippen molar-refractivity contribution in [3.8, 4) is 5.88 Å². The van der Waals surface area contributed by atoms with Gasteiger partial charge < -0.3 is 20.7 Å². The summed E-state index contributed by atoms with van der Waals surface area (Å²) in [6.07, 6.45) is 6.37. The number of aliphatic imine (C=N–C) groups is 1. The summed E-state index contributed by atoms with van der Waals surface area (Å²) in [5.41, 5.74) is 6.36. The van der Waals surface area contributed by atoms with Gasteiger partial charge in [0.25, 0.3) is 0 Å². The Labute approximate surface area is 179 Å². The molecule has 0 radical (unpaired) electrons. The molecule has 1 amide bonds. The average Bonchev–Trinajstić information content (AvgIpc) is 2.63.